The molecule has 1 saturated heterocycles. The summed E-state index contributed by atoms with van der Waals surface area (Å²) in [6.07, 6.45) is 7.02. The number of hydrogen-bond acceptors (Lipinski definition) is 5. The molecule has 1 N–H and O–H groups in total. The van der Waals surface area contributed by atoms with Crippen molar-refractivity contribution in [3.8, 4) is 12.3 Å². The first-order valence-corrected chi connectivity index (χ1v) is 12.5. The minimum absolute atomic E-state index is 0.0283. The number of anilines is 1. The summed E-state index contributed by atoms with van der Waals surface area (Å²) >= 11 is 0. The average Bonchev–Trinajstić information content (AvgIpc) is 3.33. The summed E-state index contributed by atoms with van der Waals surface area (Å²) in [7, 11) is -6.43. The van der Waals surface area contributed by atoms with Crippen LogP contribution in [0.25, 0.3) is 0 Å². The Labute approximate surface area is 183 Å². The van der Waals surface area contributed by atoms with Crippen LogP contribution in [0.4, 0.5) is 5.69 Å². The van der Waals surface area contributed by atoms with Gasteiger partial charge in [0.2, 0.25) is 15.9 Å². The summed E-state index contributed by atoms with van der Waals surface area (Å²) in [5.41, 5.74) is 0.689. The van der Waals surface area contributed by atoms with Crippen LogP contribution in [-0.4, -0.2) is 53.7 Å². The monoisotopic (exact) mass is 461 g/mol. The lowest BCUT2D eigenvalue weighted by molar-refractivity contribution is -0.119. The molecular formula is C21H23N3O5S2. The Bertz CT molecular complexity index is 1210. The molecule has 0 unspecified atom stereocenters. The zero-order chi connectivity index (χ0) is 22.6. The number of carbonyl (C=O) groups is 1. The number of likely N-dealkylation sites (N-methyl/N-ethyl adjacent to an activating group) is 1. The van der Waals surface area contributed by atoms with E-state index in [4.69, 9.17) is 6.42 Å². The van der Waals surface area contributed by atoms with E-state index in [0.717, 1.165) is 17.1 Å². The molecule has 31 heavy (non-hydrogen) atoms. The first-order chi connectivity index (χ1) is 14.7. The summed E-state index contributed by atoms with van der Waals surface area (Å²) in [5.74, 6) is 1.93. The molecular weight excluding hydrogens is 438 g/mol. The predicted molar refractivity (Wildman–Crippen MR) is 117 cm³/mol. The molecule has 2 aromatic rings. The Morgan fingerprint density at radius 1 is 1.06 bits per heavy atom. The zero-order valence-electron chi connectivity index (χ0n) is 17.0. The highest BCUT2D eigenvalue weighted by Crippen LogP contribution is 2.27. The van der Waals surface area contributed by atoms with Gasteiger partial charge in [0, 0.05) is 25.7 Å². The van der Waals surface area contributed by atoms with Crippen LogP contribution in [0.5, 0.6) is 0 Å². The van der Waals surface area contributed by atoms with Crippen molar-refractivity contribution in [1.82, 2.24) is 9.62 Å². The second kappa shape index (κ2) is 9.09. The number of hydrogen-bond donors (Lipinski definition) is 1. The maximum Gasteiger partial charge on any atom is 0.264 e. The lowest BCUT2D eigenvalue weighted by atomic mass is 10.2. The molecule has 0 bridgehead atoms. The molecule has 1 heterocycles. The molecule has 164 valence electrons. The Hall–Kier alpha value is -2.87. The molecule has 1 amide bonds. The van der Waals surface area contributed by atoms with E-state index in [9.17, 15) is 21.6 Å². The number of amides is 1. The number of nitrogens with zero attached hydrogens (tertiary/aromatic N) is 2. The summed E-state index contributed by atoms with van der Waals surface area (Å²) in [5, 5.41) is 2.41. The molecule has 3 rings (SSSR count). The summed E-state index contributed by atoms with van der Waals surface area (Å²) < 4.78 is 54.4. The van der Waals surface area contributed by atoms with Crippen LogP contribution in [0, 0.1) is 12.3 Å². The van der Waals surface area contributed by atoms with E-state index in [2.05, 4.69) is 11.2 Å². The highest BCUT2D eigenvalue weighted by atomic mass is 32.2. The normalized spacial score (nSPS) is 14.7. The number of sulfonamides is 2. The van der Waals surface area contributed by atoms with Crippen LogP contribution < -0.4 is 9.62 Å². The van der Waals surface area contributed by atoms with Crippen LogP contribution in [-0.2, 0) is 24.8 Å². The third-order valence-electron chi connectivity index (χ3n) is 4.98. The van der Waals surface area contributed by atoms with E-state index in [-0.39, 0.29) is 15.5 Å². The fourth-order valence-corrected chi connectivity index (χ4v) is 6.19. The van der Waals surface area contributed by atoms with Crippen molar-refractivity contribution in [2.45, 2.75) is 22.6 Å². The molecule has 0 radical (unpaired) electrons. The van der Waals surface area contributed by atoms with Gasteiger partial charge in [0.05, 0.1) is 15.5 Å². The fourth-order valence-electron chi connectivity index (χ4n) is 3.26. The molecule has 0 aliphatic carbocycles. The Balaban J connectivity index is 1.99. The molecule has 0 saturated carbocycles. The second-order valence-electron chi connectivity index (χ2n) is 6.96. The number of carbonyl (C=O) groups excluding carboxylic acids is 1. The maximum absolute atomic E-state index is 13.3. The van der Waals surface area contributed by atoms with Crippen molar-refractivity contribution >= 4 is 31.6 Å². The number of nitrogens with one attached hydrogen (secondary N) is 1. The first kappa shape index (κ1) is 22.8. The largest absolute Gasteiger partial charge is 0.358 e. The lowest BCUT2D eigenvalue weighted by Gasteiger charge is -2.24. The van der Waals surface area contributed by atoms with E-state index in [1.165, 1.54) is 47.8 Å². The Morgan fingerprint density at radius 3 is 2.26 bits per heavy atom. The predicted octanol–water partition coefficient (Wildman–Crippen LogP) is 1.39. The Morgan fingerprint density at radius 2 is 1.68 bits per heavy atom. The number of benzene rings is 2. The quantitative estimate of drug-likeness (QED) is 0.628. The first-order valence-electron chi connectivity index (χ1n) is 9.60. The molecule has 1 fully saturated rings. The molecule has 10 heteroatoms. The molecule has 0 atom stereocenters. The van der Waals surface area contributed by atoms with E-state index in [1.807, 2.05) is 0 Å². The van der Waals surface area contributed by atoms with Gasteiger partial charge in [-0.05, 0) is 55.3 Å². The maximum atomic E-state index is 13.3. The van der Waals surface area contributed by atoms with Gasteiger partial charge in [0.15, 0.2) is 0 Å². The van der Waals surface area contributed by atoms with Crippen molar-refractivity contribution in [3.05, 3.63) is 54.1 Å². The highest BCUT2D eigenvalue weighted by molar-refractivity contribution is 7.93. The van der Waals surface area contributed by atoms with Gasteiger partial charge in [-0.3, -0.25) is 9.10 Å². The molecule has 8 nitrogen and oxygen atoms in total. The third kappa shape index (κ3) is 4.74. The van der Waals surface area contributed by atoms with Crippen LogP contribution in [0.2, 0.25) is 0 Å². The molecule has 1 aliphatic rings. The molecule has 0 spiro atoms. The van der Waals surface area contributed by atoms with Gasteiger partial charge < -0.3 is 5.32 Å². The van der Waals surface area contributed by atoms with Gasteiger partial charge in [-0.1, -0.05) is 12.0 Å². The summed E-state index contributed by atoms with van der Waals surface area (Å²) in [4.78, 5) is 11.9. The molecule has 1 aliphatic heterocycles. The smallest absolute Gasteiger partial charge is 0.264 e. The van der Waals surface area contributed by atoms with Gasteiger partial charge in [-0.25, -0.2) is 16.8 Å². The van der Waals surface area contributed by atoms with Gasteiger partial charge >= 0.3 is 0 Å². The highest BCUT2D eigenvalue weighted by Gasteiger charge is 2.30. The summed E-state index contributed by atoms with van der Waals surface area (Å²) in [6.45, 7) is 0.447. The van der Waals surface area contributed by atoms with Crippen LogP contribution in [0.15, 0.2) is 58.3 Å². The van der Waals surface area contributed by atoms with Crippen molar-refractivity contribution < 1.29 is 21.6 Å². The zero-order valence-corrected chi connectivity index (χ0v) is 18.6. The van der Waals surface area contributed by atoms with E-state index in [0.29, 0.717) is 18.7 Å². The fraction of sp³-hybridized carbons (Fsp3) is 0.286. The summed E-state index contributed by atoms with van der Waals surface area (Å²) in [6, 6.07) is 11.3. The molecule has 0 aromatic heterocycles. The van der Waals surface area contributed by atoms with E-state index in [1.54, 1.807) is 12.1 Å². The van der Waals surface area contributed by atoms with Gasteiger partial charge in [-0.2, -0.15) is 4.31 Å². The topological polar surface area (TPSA) is 104 Å². The van der Waals surface area contributed by atoms with Gasteiger partial charge in [0.25, 0.3) is 10.0 Å². The minimum Gasteiger partial charge on any atom is -0.358 e. The van der Waals surface area contributed by atoms with Crippen LogP contribution >= 0.6 is 0 Å². The SMILES string of the molecule is C#Cc1cccc(N(CC(=O)NC)S(=O)(=O)c2ccc(S(=O)(=O)N3CCCC3)cc2)c1. The lowest BCUT2D eigenvalue weighted by Crippen LogP contribution is -2.39. The Kier molecular flexibility index (Phi) is 6.69. The van der Waals surface area contributed by atoms with E-state index < -0.39 is 32.5 Å². The van der Waals surface area contributed by atoms with Gasteiger partial charge in [0.1, 0.15) is 6.54 Å². The van der Waals surface area contributed by atoms with Crippen LogP contribution in [0.1, 0.15) is 18.4 Å². The third-order valence-corrected chi connectivity index (χ3v) is 8.68. The average molecular weight is 462 g/mol. The van der Waals surface area contributed by atoms with E-state index >= 15 is 0 Å². The van der Waals surface area contributed by atoms with Crippen molar-refractivity contribution in [1.29, 1.82) is 0 Å². The van der Waals surface area contributed by atoms with Crippen LogP contribution in [0.3, 0.4) is 0 Å². The number of terminal acetylenes is 1. The van der Waals surface area contributed by atoms with Crippen molar-refractivity contribution in [2.24, 2.45) is 0 Å². The van der Waals surface area contributed by atoms with Gasteiger partial charge in [-0.15, -0.1) is 6.42 Å². The standard InChI is InChI=1S/C21H23N3O5S2/c1-3-17-7-6-8-18(15-17)24(16-21(25)22-2)31(28,29)20-11-9-19(10-12-20)30(26,27)23-13-4-5-14-23/h1,6-12,15H,4-5,13-14,16H2,2H3,(H,22,25). The minimum atomic E-state index is -4.17. The van der Waals surface area contributed by atoms with Crippen molar-refractivity contribution in [3.63, 3.8) is 0 Å². The number of rotatable bonds is 7. The van der Waals surface area contributed by atoms with Crippen molar-refractivity contribution in [2.75, 3.05) is 31.0 Å². The molecule has 2 aromatic carbocycles. The second-order valence-corrected chi connectivity index (χ2v) is 10.8.